The van der Waals surface area contributed by atoms with Crippen molar-refractivity contribution in [3.05, 3.63) is 21.7 Å². The van der Waals surface area contributed by atoms with Crippen LogP contribution in [0.1, 0.15) is 38.7 Å². The third-order valence-electron chi connectivity index (χ3n) is 4.80. The highest BCUT2D eigenvalue weighted by molar-refractivity contribution is 5.82. The number of piperidine rings is 1. The van der Waals surface area contributed by atoms with E-state index in [2.05, 4.69) is 0 Å². The molecule has 0 aliphatic carbocycles. The molecule has 3 N–H and O–H groups in total. The fourth-order valence-corrected chi connectivity index (χ4v) is 3.42. The molecular weight excluding hydrogens is 298 g/mol. The third kappa shape index (κ3) is 2.69. The van der Waals surface area contributed by atoms with Gasteiger partial charge in [-0.25, -0.2) is 0 Å². The van der Waals surface area contributed by atoms with Crippen LogP contribution < -0.4 is 15.4 Å². The van der Waals surface area contributed by atoms with Gasteiger partial charge in [0.05, 0.1) is 11.0 Å². The van der Waals surface area contributed by atoms with Gasteiger partial charge in [-0.3, -0.25) is 10.1 Å². The van der Waals surface area contributed by atoms with Crippen LogP contribution >= 0.6 is 0 Å². The van der Waals surface area contributed by atoms with E-state index >= 15 is 0 Å². The van der Waals surface area contributed by atoms with Crippen molar-refractivity contribution in [2.75, 3.05) is 23.7 Å². The standard InChI is InChI=1S/C16H23N3O4/c1-16(2)13(20)8-10-12(23-16)9-11(17)15(19(21)22)14(10)18-6-4-3-5-7-18/h9,13,20H,3-8,17H2,1-2H3/t13-/m0/s1. The van der Waals surface area contributed by atoms with Crippen molar-refractivity contribution in [2.24, 2.45) is 0 Å². The monoisotopic (exact) mass is 321 g/mol. The molecule has 7 nitrogen and oxygen atoms in total. The zero-order valence-electron chi connectivity index (χ0n) is 13.5. The first-order chi connectivity index (χ1) is 10.8. The Bertz CT molecular complexity index is 639. The first kappa shape index (κ1) is 15.9. The maximum absolute atomic E-state index is 11.6. The quantitative estimate of drug-likeness (QED) is 0.492. The number of aliphatic hydroxyl groups excluding tert-OH is 1. The Kier molecular flexibility index (Phi) is 3.83. The van der Waals surface area contributed by atoms with Gasteiger partial charge in [-0.15, -0.1) is 0 Å². The van der Waals surface area contributed by atoms with Crippen molar-refractivity contribution >= 4 is 17.1 Å². The minimum absolute atomic E-state index is 0.0684. The Morgan fingerprint density at radius 2 is 2.04 bits per heavy atom. The fourth-order valence-electron chi connectivity index (χ4n) is 3.42. The van der Waals surface area contributed by atoms with Crippen LogP contribution in [0.5, 0.6) is 5.75 Å². The summed E-state index contributed by atoms with van der Waals surface area (Å²) in [5.41, 5.74) is 6.49. The Morgan fingerprint density at radius 3 is 2.65 bits per heavy atom. The fraction of sp³-hybridized carbons (Fsp3) is 0.625. The predicted molar refractivity (Wildman–Crippen MR) is 88.0 cm³/mol. The molecule has 126 valence electrons. The molecule has 0 saturated carbocycles. The molecule has 0 bridgehead atoms. The molecular formula is C16H23N3O4. The SMILES string of the molecule is CC1(C)Oc2cc(N)c([N+](=O)[O-])c(N3CCCCC3)c2C[C@@H]1O. The number of nitro groups is 1. The van der Waals surface area contributed by atoms with E-state index in [0.29, 0.717) is 23.4 Å². The van der Waals surface area contributed by atoms with Crippen molar-refractivity contribution in [2.45, 2.75) is 51.2 Å². The van der Waals surface area contributed by atoms with Crippen molar-refractivity contribution in [3.63, 3.8) is 0 Å². The second kappa shape index (κ2) is 5.56. The summed E-state index contributed by atoms with van der Waals surface area (Å²) in [6, 6.07) is 1.52. The molecule has 0 spiro atoms. The molecule has 1 aromatic rings. The second-order valence-corrected chi connectivity index (χ2v) is 6.87. The molecule has 0 radical (unpaired) electrons. The smallest absolute Gasteiger partial charge is 0.315 e. The number of nitrogen functional groups attached to an aromatic ring is 1. The summed E-state index contributed by atoms with van der Waals surface area (Å²) in [5, 5.41) is 21.9. The Hall–Kier alpha value is -2.02. The van der Waals surface area contributed by atoms with Crippen LogP contribution in [0.4, 0.5) is 17.1 Å². The number of fused-ring (bicyclic) bond motifs is 1. The summed E-state index contributed by atoms with van der Waals surface area (Å²) in [5.74, 6) is 0.545. The Labute approximate surface area is 135 Å². The van der Waals surface area contributed by atoms with Gasteiger partial charge < -0.3 is 20.5 Å². The molecule has 0 unspecified atom stereocenters. The first-order valence-electron chi connectivity index (χ1n) is 8.03. The van der Waals surface area contributed by atoms with Gasteiger partial charge in [-0.2, -0.15) is 0 Å². The molecule has 0 aromatic heterocycles. The highest BCUT2D eigenvalue weighted by Gasteiger charge is 2.40. The van der Waals surface area contributed by atoms with E-state index in [-0.39, 0.29) is 11.4 Å². The highest BCUT2D eigenvalue weighted by atomic mass is 16.6. The van der Waals surface area contributed by atoms with Crippen LogP contribution in [0, 0.1) is 10.1 Å². The molecule has 1 fully saturated rings. The van der Waals surface area contributed by atoms with E-state index in [1.165, 1.54) is 6.07 Å². The third-order valence-corrected chi connectivity index (χ3v) is 4.80. The van der Waals surface area contributed by atoms with Crippen LogP contribution in [-0.2, 0) is 6.42 Å². The Morgan fingerprint density at radius 1 is 1.39 bits per heavy atom. The number of ether oxygens (including phenoxy) is 1. The number of nitro benzene ring substituents is 1. The van der Waals surface area contributed by atoms with Crippen LogP contribution in [0.3, 0.4) is 0 Å². The van der Waals surface area contributed by atoms with Crippen molar-refractivity contribution in [3.8, 4) is 5.75 Å². The van der Waals surface area contributed by atoms with Gasteiger partial charge >= 0.3 is 5.69 Å². The molecule has 2 aliphatic rings. The van der Waals surface area contributed by atoms with Crippen molar-refractivity contribution < 1.29 is 14.8 Å². The largest absolute Gasteiger partial charge is 0.485 e. The number of nitrogens with two attached hydrogens (primary N) is 1. The molecule has 1 aromatic carbocycles. The number of hydrogen-bond donors (Lipinski definition) is 2. The molecule has 1 saturated heterocycles. The van der Waals surface area contributed by atoms with Gasteiger partial charge in [-0.1, -0.05) is 0 Å². The number of hydrogen-bond acceptors (Lipinski definition) is 6. The van der Waals surface area contributed by atoms with E-state index < -0.39 is 16.6 Å². The molecule has 2 aliphatic heterocycles. The lowest BCUT2D eigenvalue weighted by atomic mass is 9.89. The second-order valence-electron chi connectivity index (χ2n) is 6.87. The lowest BCUT2D eigenvalue weighted by Crippen LogP contribution is -2.47. The van der Waals surface area contributed by atoms with Gasteiger partial charge in [0.25, 0.3) is 0 Å². The summed E-state index contributed by atoms with van der Waals surface area (Å²) in [6.45, 7) is 5.13. The van der Waals surface area contributed by atoms with Crippen LogP contribution in [-0.4, -0.2) is 34.8 Å². The lowest BCUT2D eigenvalue weighted by Gasteiger charge is -2.39. The Balaban J connectivity index is 2.18. The van der Waals surface area contributed by atoms with Gasteiger partial charge in [0.15, 0.2) is 0 Å². The van der Waals surface area contributed by atoms with E-state index in [1.54, 1.807) is 13.8 Å². The van der Waals surface area contributed by atoms with Gasteiger partial charge in [0, 0.05) is 31.1 Å². The first-order valence-corrected chi connectivity index (χ1v) is 8.03. The number of anilines is 2. The number of rotatable bonds is 2. The van der Waals surface area contributed by atoms with Crippen LogP contribution in [0.15, 0.2) is 6.07 Å². The lowest BCUT2D eigenvalue weighted by molar-refractivity contribution is -0.383. The topological polar surface area (TPSA) is 102 Å². The van der Waals surface area contributed by atoms with E-state index in [9.17, 15) is 15.2 Å². The summed E-state index contributed by atoms with van der Waals surface area (Å²) < 4.78 is 5.90. The molecule has 3 rings (SSSR count). The average Bonchev–Trinajstić information content (AvgIpc) is 2.48. The molecule has 0 amide bonds. The zero-order chi connectivity index (χ0) is 16.8. The summed E-state index contributed by atoms with van der Waals surface area (Å²) >= 11 is 0. The van der Waals surface area contributed by atoms with Gasteiger partial charge in [0.2, 0.25) is 0 Å². The highest BCUT2D eigenvalue weighted by Crippen LogP contribution is 2.47. The van der Waals surface area contributed by atoms with Gasteiger partial charge in [-0.05, 0) is 33.1 Å². The minimum Gasteiger partial charge on any atom is -0.485 e. The zero-order valence-corrected chi connectivity index (χ0v) is 13.5. The maximum atomic E-state index is 11.6. The van der Waals surface area contributed by atoms with Crippen molar-refractivity contribution in [1.82, 2.24) is 0 Å². The van der Waals surface area contributed by atoms with E-state index in [0.717, 1.165) is 32.4 Å². The molecule has 2 heterocycles. The van der Waals surface area contributed by atoms with Crippen LogP contribution in [0.2, 0.25) is 0 Å². The number of aliphatic hydroxyl groups is 1. The summed E-state index contributed by atoms with van der Waals surface area (Å²) in [7, 11) is 0. The number of nitrogens with zero attached hydrogens (tertiary/aromatic N) is 2. The maximum Gasteiger partial charge on any atom is 0.315 e. The van der Waals surface area contributed by atoms with Gasteiger partial charge in [0.1, 0.15) is 22.7 Å². The number of benzene rings is 1. The van der Waals surface area contributed by atoms with Crippen molar-refractivity contribution in [1.29, 1.82) is 0 Å². The molecule has 7 heteroatoms. The van der Waals surface area contributed by atoms with Crippen LogP contribution in [0.25, 0.3) is 0 Å². The van der Waals surface area contributed by atoms with E-state index in [1.807, 2.05) is 4.90 Å². The average molecular weight is 321 g/mol. The van der Waals surface area contributed by atoms with E-state index in [4.69, 9.17) is 10.5 Å². The molecule has 1 atom stereocenters. The summed E-state index contributed by atoms with van der Waals surface area (Å²) in [6.07, 6.45) is 2.73. The normalized spacial score (nSPS) is 23.1. The molecule has 23 heavy (non-hydrogen) atoms. The minimum atomic E-state index is -0.741. The predicted octanol–water partition coefficient (Wildman–Crippen LogP) is 2.24. The summed E-state index contributed by atoms with van der Waals surface area (Å²) in [4.78, 5) is 13.2.